The first kappa shape index (κ1) is 24.1. The van der Waals surface area contributed by atoms with Crippen LogP contribution in [-0.4, -0.2) is 11.7 Å². The van der Waals surface area contributed by atoms with E-state index >= 15 is 0 Å². The Bertz CT molecular complexity index is 323. The summed E-state index contributed by atoms with van der Waals surface area (Å²) in [5, 5.41) is 4.12. The Kier molecular flexibility index (Phi) is 17.3. The molecule has 3 heteroatoms. The lowest BCUT2D eigenvalue weighted by molar-refractivity contribution is -0.143. The number of oxime groups is 1. The second kappa shape index (κ2) is 17.9. The summed E-state index contributed by atoms with van der Waals surface area (Å²) in [4.78, 5) is 16.3. The molecule has 0 atom stereocenters. The summed E-state index contributed by atoms with van der Waals surface area (Å²) in [6.45, 7) is 8.35. The Labute approximate surface area is 157 Å². The minimum atomic E-state index is -0.239. The normalized spacial score (nSPS) is 12.0. The summed E-state index contributed by atoms with van der Waals surface area (Å²) in [5.41, 5.74) is 1.00. The first-order valence-corrected chi connectivity index (χ1v) is 10.9. The van der Waals surface area contributed by atoms with E-state index in [0.717, 1.165) is 5.71 Å². The van der Waals surface area contributed by atoms with Gasteiger partial charge >= 0.3 is 5.97 Å². The Hall–Kier alpha value is -0.860. The smallest absolute Gasteiger partial charge is 0.318 e. The molecule has 0 aromatic heterocycles. The maximum atomic E-state index is 11.3. The molecule has 3 nitrogen and oxygen atoms in total. The lowest BCUT2D eigenvalue weighted by Gasteiger charge is -2.16. The second-order valence-electron chi connectivity index (χ2n) is 7.36. The molecule has 0 aliphatic carbocycles. The second-order valence-corrected chi connectivity index (χ2v) is 7.36. The zero-order valence-corrected chi connectivity index (χ0v) is 17.4. The highest BCUT2D eigenvalue weighted by Gasteiger charge is 2.13. The fourth-order valence-corrected chi connectivity index (χ4v) is 3.17. The van der Waals surface area contributed by atoms with Gasteiger partial charge < -0.3 is 4.84 Å². The monoisotopic (exact) mass is 353 g/mol. The predicted molar refractivity (Wildman–Crippen MR) is 109 cm³/mol. The molecule has 0 amide bonds. The summed E-state index contributed by atoms with van der Waals surface area (Å²) in [6.07, 6.45) is 18.6. The van der Waals surface area contributed by atoms with Gasteiger partial charge in [0.1, 0.15) is 0 Å². The van der Waals surface area contributed by atoms with Crippen LogP contribution < -0.4 is 0 Å². The van der Waals surface area contributed by atoms with Gasteiger partial charge in [-0.05, 0) is 19.8 Å². The largest absolute Gasteiger partial charge is 0.334 e. The van der Waals surface area contributed by atoms with E-state index in [9.17, 15) is 4.79 Å². The van der Waals surface area contributed by atoms with Gasteiger partial charge in [-0.15, -0.1) is 0 Å². The van der Waals surface area contributed by atoms with E-state index in [4.69, 9.17) is 4.84 Å². The first-order chi connectivity index (χ1) is 12.2. The van der Waals surface area contributed by atoms with E-state index in [0.29, 0.717) is 12.3 Å². The Morgan fingerprint density at radius 3 is 1.64 bits per heavy atom. The van der Waals surface area contributed by atoms with Gasteiger partial charge in [0.2, 0.25) is 0 Å². The standard InChI is InChI=1S/C22H43NO2/c1-5-8-10-12-14-16-18-21(19-17-15-13-11-9-6-2)20(4)23-25-22(24)7-3/h21H,5-19H2,1-4H3/b23-20-. The van der Waals surface area contributed by atoms with Gasteiger partial charge in [-0.2, -0.15) is 0 Å². The van der Waals surface area contributed by atoms with Crippen LogP contribution in [-0.2, 0) is 9.63 Å². The zero-order chi connectivity index (χ0) is 18.8. The first-order valence-electron chi connectivity index (χ1n) is 10.9. The van der Waals surface area contributed by atoms with Gasteiger partial charge in [-0.25, -0.2) is 4.79 Å². The highest BCUT2D eigenvalue weighted by atomic mass is 16.7. The molecule has 25 heavy (non-hydrogen) atoms. The molecular weight excluding hydrogens is 310 g/mol. The van der Waals surface area contributed by atoms with Crippen LogP contribution in [0.4, 0.5) is 0 Å². The number of hydrogen-bond acceptors (Lipinski definition) is 3. The average molecular weight is 354 g/mol. The average Bonchev–Trinajstić information content (AvgIpc) is 2.63. The molecule has 0 spiro atoms. The quantitative estimate of drug-likeness (QED) is 0.118. The summed E-state index contributed by atoms with van der Waals surface area (Å²) in [7, 11) is 0. The van der Waals surface area contributed by atoms with Crippen LogP contribution in [0.3, 0.4) is 0 Å². The number of carbonyl (C=O) groups excluding carboxylic acids is 1. The SMILES string of the molecule is CCCCCCCCC(CCCCCCCC)/C(C)=N\OC(=O)CC. The molecule has 0 aromatic carbocycles. The molecular formula is C22H43NO2. The number of nitrogens with zero attached hydrogens (tertiary/aromatic N) is 1. The minimum Gasteiger partial charge on any atom is -0.318 e. The molecule has 0 unspecified atom stereocenters. The van der Waals surface area contributed by atoms with Crippen LogP contribution in [0.25, 0.3) is 0 Å². The van der Waals surface area contributed by atoms with Crippen molar-refractivity contribution in [3.63, 3.8) is 0 Å². The molecule has 0 aliphatic rings. The summed E-state index contributed by atoms with van der Waals surface area (Å²) in [6, 6.07) is 0. The molecule has 0 saturated heterocycles. The van der Waals surface area contributed by atoms with Crippen molar-refractivity contribution in [3.05, 3.63) is 0 Å². The van der Waals surface area contributed by atoms with E-state index in [-0.39, 0.29) is 5.97 Å². The Balaban J connectivity index is 4.22. The van der Waals surface area contributed by atoms with Crippen molar-refractivity contribution in [2.24, 2.45) is 11.1 Å². The molecule has 0 aromatic rings. The molecule has 0 rings (SSSR count). The number of carbonyl (C=O) groups is 1. The Morgan fingerprint density at radius 1 is 0.760 bits per heavy atom. The van der Waals surface area contributed by atoms with Crippen molar-refractivity contribution in [2.45, 2.75) is 124 Å². The number of rotatable bonds is 17. The zero-order valence-electron chi connectivity index (χ0n) is 17.4. The molecule has 148 valence electrons. The highest BCUT2D eigenvalue weighted by molar-refractivity contribution is 5.84. The minimum absolute atomic E-state index is 0.239. The van der Waals surface area contributed by atoms with E-state index in [1.807, 2.05) is 6.92 Å². The van der Waals surface area contributed by atoms with Crippen LogP contribution in [0.15, 0.2) is 5.16 Å². The van der Waals surface area contributed by atoms with Crippen LogP contribution >= 0.6 is 0 Å². The van der Waals surface area contributed by atoms with Crippen molar-refractivity contribution >= 4 is 11.7 Å². The third-order valence-electron chi connectivity index (χ3n) is 4.98. The molecule has 0 aliphatic heterocycles. The summed E-state index contributed by atoms with van der Waals surface area (Å²) in [5.74, 6) is 0.235. The van der Waals surface area contributed by atoms with Gasteiger partial charge in [0, 0.05) is 12.3 Å². The molecule has 0 saturated carbocycles. The van der Waals surface area contributed by atoms with Crippen molar-refractivity contribution in [2.75, 3.05) is 0 Å². The third-order valence-corrected chi connectivity index (χ3v) is 4.98. The van der Waals surface area contributed by atoms with E-state index in [1.165, 1.54) is 89.9 Å². The van der Waals surface area contributed by atoms with Gasteiger partial charge in [-0.1, -0.05) is 103 Å². The third kappa shape index (κ3) is 15.1. The lowest BCUT2D eigenvalue weighted by Crippen LogP contribution is -2.13. The van der Waals surface area contributed by atoms with Crippen LogP contribution in [0.2, 0.25) is 0 Å². The number of unbranched alkanes of at least 4 members (excludes halogenated alkanes) is 10. The summed E-state index contributed by atoms with van der Waals surface area (Å²) < 4.78 is 0. The van der Waals surface area contributed by atoms with Crippen LogP contribution in [0.5, 0.6) is 0 Å². The van der Waals surface area contributed by atoms with Crippen molar-refractivity contribution in [1.82, 2.24) is 0 Å². The molecule has 0 bridgehead atoms. The van der Waals surface area contributed by atoms with Gasteiger partial charge in [0.05, 0.1) is 5.71 Å². The summed E-state index contributed by atoms with van der Waals surface area (Å²) >= 11 is 0. The van der Waals surface area contributed by atoms with Crippen molar-refractivity contribution in [3.8, 4) is 0 Å². The molecule has 0 heterocycles. The molecule has 0 radical (unpaired) electrons. The Morgan fingerprint density at radius 2 is 1.20 bits per heavy atom. The van der Waals surface area contributed by atoms with Crippen molar-refractivity contribution in [1.29, 1.82) is 0 Å². The molecule has 0 fully saturated rings. The van der Waals surface area contributed by atoms with E-state index in [2.05, 4.69) is 19.0 Å². The predicted octanol–water partition coefficient (Wildman–Crippen LogP) is 7.43. The van der Waals surface area contributed by atoms with Gasteiger partial charge in [0.25, 0.3) is 0 Å². The maximum absolute atomic E-state index is 11.3. The topological polar surface area (TPSA) is 38.7 Å². The van der Waals surface area contributed by atoms with E-state index in [1.54, 1.807) is 6.92 Å². The fourth-order valence-electron chi connectivity index (χ4n) is 3.17. The highest BCUT2D eigenvalue weighted by Crippen LogP contribution is 2.21. The number of hydrogen-bond donors (Lipinski definition) is 0. The van der Waals surface area contributed by atoms with Gasteiger partial charge in [0.15, 0.2) is 0 Å². The van der Waals surface area contributed by atoms with Crippen LogP contribution in [0, 0.1) is 5.92 Å². The molecule has 0 N–H and O–H groups in total. The maximum Gasteiger partial charge on any atom is 0.334 e. The van der Waals surface area contributed by atoms with Crippen molar-refractivity contribution < 1.29 is 9.63 Å². The van der Waals surface area contributed by atoms with Crippen LogP contribution in [0.1, 0.15) is 124 Å². The van der Waals surface area contributed by atoms with E-state index < -0.39 is 0 Å². The van der Waals surface area contributed by atoms with Gasteiger partial charge in [-0.3, -0.25) is 0 Å². The lowest BCUT2D eigenvalue weighted by atomic mass is 9.91. The fraction of sp³-hybridized carbons (Fsp3) is 0.909.